The number of aryl methyl sites for hydroxylation is 1. The summed E-state index contributed by atoms with van der Waals surface area (Å²) < 4.78 is 2.04. The summed E-state index contributed by atoms with van der Waals surface area (Å²) in [5.41, 5.74) is 2.50. The van der Waals surface area contributed by atoms with E-state index in [-0.39, 0.29) is 11.9 Å². The zero-order valence-corrected chi connectivity index (χ0v) is 13.4. The Balaban J connectivity index is 1.89. The number of pyridine rings is 2. The van der Waals surface area contributed by atoms with Crippen LogP contribution in [-0.4, -0.2) is 20.4 Å². The number of carbonyl (C=O) groups is 1. The van der Waals surface area contributed by atoms with Gasteiger partial charge in [0.2, 0.25) is 0 Å². The zero-order valence-electron chi connectivity index (χ0n) is 13.4. The van der Waals surface area contributed by atoms with E-state index in [9.17, 15) is 4.79 Å². The van der Waals surface area contributed by atoms with Gasteiger partial charge in [-0.1, -0.05) is 13.0 Å². The lowest BCUT2D eigenvalue weighted by Crippen LogP contribution is -2.26. The molecule has 118 valence electrons. The van der Waals surface area contributed by atoms with Crippen molar-refractivity contribution in [1.29, 1.82) is 0 Å². The average molecular weight is 308 g/mol. The molecule has 23 heavy (non-hydrogen) atoms. The highest BCUT2D eigenvalue weighted by molar-refractivity contribution is 6.06. The van der Waals surface area contributed by atoms with Gasteiger partial charge in [0, 0.05) is 36.7 Å². The summed E-state index contributed by atoms with van der Waals surface area (Å²) in [5.74, 6) is -0.0887. The van der Waals surface area contributed by atoms with Crippen LogP contribution in [0.3, 0.4) is 0 Å². The molecule has 0 saturated carbocycles. The molecule has 0 aliphatic rings. The first kappa shape index (κ1) is 15.2. The number of hydrogen-bond donors (Lipinski definition) is 1. The Labute approximate surface area is 135 Å². The summed E-state index contributed by atoms with van der Waals surface area (Å²) in [4.78, 5) is 21.2. The molecule has 0 fully saturated rings. The normalized spacial score (nSPS) is 12.3. The summed E-state index contributed by atoms with van der Waals surface area (Å²) in [6.07, 6.45) is 8.14. The first-order valence-electron chi connectivity index (χ1n) is 7.85. The van der Waals surface area contributed by atoms with E-state index >= 15 is 0 Å². The second kappa shape index (κ2) is 6.60. The van der Waals surface area contributed by atoms with Gasteiger partial charge in [-0.15, -0.1) is 0 Å². The lowest BCUT2D eigenvalue weighted by Gasteiger charge is -2.13. The first-order valence-corrected chi connectivity index (χ1v) is 7.85. The molecule has 0 bridgehead atoms. The van der Waals surface area contributed by atoms with Gasteiger partial charge in [0.25, 0.3) is 5.91 Å². The summed E-state index contributed by atoms with van der Waals surface area (Å²) >= 11 is 0. The molecule has 3 heterocycles. The Bertz CT molecular complexity index is 810. The van der Waals surface area contributed by atoms with Crippen molar-refractivity contribution in [3.63, 3.8) is 0 Å². The van der Waals surface area contributed by atoms with E-state index in [1.807, 2.05) is 42.0 Å². The summed E-state index contributed by atoms with van der Waals surface area (Å²) in [7, 11) is 0. The SMILES string of the molecule is CCCn1cc(C(=O)N[C@H](C)c2cccnc2)c2cccnc21. The smallest absolute Gasteiger partial charge is 0.253 e. The molecule has 0 aromatic carbocycles. The van der Waals surface area contributed by atoms with Crippen LogP contribution in [0.5, 0.6) is 0 Å². The van der Waals surface area contributed by atoms with Crippen molar-refractivity contribution in [3.8, 4) is 0 Å². The predicted octanol–water partition coefficient (Wildman–Crippen LogP) is 3.33. The van der Waals surface area contributed by atoms with E-state index in [0.717, 1.165) is 29.6 Å². The molecule has 1 atom stereocenters. The van der Waals surface area contributed by atoms with Crippen LogP contribution < -0.4 is 5.32 Å². The van der Waals surface area contributed by atoms with Gasteiger partial charge in [-0.25, -0.2) is 4.98 Å². The number of hydrogen-bond acceptors (Lipinski definition) is 3. The Hall–Kier alpha value is -2.69. The largest absolute Gasteiger partial charge is 0.345 e. The molecule has 0 aliphatic heterocycles. The van der Waals surface area contributed by atoms with Crippen molar-refractivity contribution in [2.24, 2.45) is 0 Å². The second-order valence-electron chi connectivity index (χ2n) is 5.59. The van der Waals surface area contributed by atoms with Crippen LogP contribution in [0.1, 0.15) is 42.2 Å². The minimum absolute atomic E-state index is 0.0887. The molecule has 5 nitrogen and oxygen atoms in total. The molecule has 0 radical (unpaired) electrons. The number of amides is 1. The highest BCUT2D eigenvalue weighted by Gasteiger charge is 2.17. The van der Waals surface area contributed by atoms with Crippen molar-refractivity contribution < 1.29 is 4.79 Å². The van der Waals surface area contributed by atoms with Crippen LogP contribution in [0.25, 0.3) is 11.0 Å². The van der Waals surface area contributed by atoms with Crippen molar-refractivity contribution in [3.05, 3.63) is 60.2 Å². The maximum absolute atomic E-state index is 12.7. The number of carbonyl (C=O) groups excluding carboxylic acids is 1. The molecule has 1 amide bonds. The minimum Gasteiger partial charge on any atom is -0.345 e. The van der Waals surface area contributed by atoms with E-state index in [2.05, 4.69) is 22.2 Å². The topological polar surface area (TPSA) is 59.8 Å². The molecule has 0 saturated heterocycles. The van der Waals surface area contributed by atoms with Crippen LogP contribution in [-0.2, 0) is 6.54 Å². The minimum atomic E-state index is -0.0996. The van der Waals surface area contributed by atoms with Crippen molar-refractivity contribution in [2.45, 2.75) is 32.9 Å². The molecule has 5 heteroatoms. The van der Waals surface area contributed by atoms with Crippen LogP contribution in [0.4, 0.5) is 0 Å². The van der Waals surface area contributed by atoms with Crippen molar-refractivity contribution in [1.82, 2.24) is 19.9 Å². The summed E-state index contributed by atoms with van der Waals surface area (Å²) in [6, 6.07) is 7.53. The third-order valence-electron chi connectivity index (χ3n) is 3.87. The van der Waals surface area contributed by atoms with Gasteiger partial charge in [-0.2, -0.15) is 0 Å². The molecule has 3 aromatic heterocycles. The standard InChI is InChI=1S/C18H20N4O/c1-3-10-22-12-16(15-7-5-9-20-17(15)22)18(23)21-13(2)14-6-4-8-19-11-14/h4-9,11-13H,3,10H2,1-2H3,(H,21,23)/t13-/m1/s1. The Kier molecular flexibility index (Phi) is 4.37. The zero-order chi connectivity index (χ0) is 16.2. The molecule has 3 rings (SSSR count). The number of nitrogens with one attached hydrogen (secondary N) is 1. The Morgan fingerprint density at radius 3 is 2.87 bits per heavy atom. The third-order valence-corrected chi connectivity index (χ3v) is 3.87. The number of rotatable bonds is 5. The lowest BCUT2D eigenvalue weighted by atomic mass is 10.1. The monoisotopic (exact) mass is 308 g/mol. The van der Waals surface area contributed by atoms with E-state index in [4.69, 9.17) is 0 Å². The van der Waals surface area contributed by atoms with Gasteiger partial charge in [-0.05, 0) is 37.1 Å². The first-order chi connectivity index (χ1) is 11.2. The Morgan fingerprint density at radius 1 is 1.30 bits per heavy atom. The van der Waals surface area contributed by atoms with Gasteiger partial charge >= 0.3 is 0 Å². The van der Waals surface area contributed by atoms with Crippen LogP contribution in [0, 0.1) is 0 Å². The molecule has 0 unspecified atom stereocenters. The molecule has 1 N–H and O–H groups in total. The van der Waals surface area contributed by atoms with Crippen molar-refractivity contribution >= 4 is 16.9 Å². The average Bonchev–Trinajstić information content (AvgIpc) is 2.95. The fourth-order valence-electron chi connectivity index (χ4n) is 2.70. The number of fused-ring (bicyclic) bond motifs is 1. The Morgan fingerprint density at radius 2 is 2.13 bits per heavy atom. The van der Waals surface area contributed by atoms with Crippen LogP contribution >= 0.6 is 0 Å². The third kappa shape index (κ3) is 3.08. The van der Waals surface area contributed by atoms with Gasteiger partial charge < -0.3 is 9.88 Å². The van der Waals surface area contributed by atoms with Crippen LogP contribution in [0.15, 0.2) is 49.1 Å². The quantitative estimate of drug-likeness (QED) is 0.786. The highest BCUT2D eigenvalue weighted by Crippen LogP contribution is 2.21. The van der Waals surface area contributed by atoms with E-state index < -0.39 is 0 Å². The van der Waals surface area contributed by atoms with E-state index in [1.54, 1.807) is 18.6 Å². The van der Waals surface area contributed by atoms with Gasteiger partial charge in [0.05, 0.1) is 11.6 Å². The summed E-state index contributed by atoms with van der Waals surface area (Å²) in [6.45, 7) is 4.91. The predicted molar refractivity (Wildman–Crippen MR) is 90.1 cm³/mol. The van der Waals surface area contributed by atoms with E-state index in [1.165, 1.54) is 0 Å². The molecule has 0 spiro atoms. The fraction of sp³-hybridized carbons (Fsp3) is 0.278. The number of aromatic nitrogens is 3. The van der Waals surface area contributed by atoms with Gasteiger partial charge in [-0.3, -0.25) is 9.78 Å². The summed E-state index contributed by atoms with van der Waals surface area (Å²) in [5, 5.41) is 3.93. The maximum atomic E-state index is 12.7. The lowest BCUT2D eigenvalue weighted by molar-refractivity contribution is 0.0941. The van der Waals surface area contributed by atoms with Gasteiger partial charge in [0.1, 0.15) is 5.65 Å². The maximum Gasteiger partial charge on any atom is 0.253 e. The molecule has 0 aliphatic carbocycles. The molecular formula is C18H20N4O. The van der Waals surface area contributed by atoms with Gasteiger partial charge in [0.15, 0.2) is 0 Å². The number of nitrogens with zero attached hydrogens (tertiary/aromatic N) is 3. The molecule has 3 aromatic rings. The van der Waals surface area contributed by atoms with E-state index in [0.29, 0.717) is 5.56 Å². The van der Waals surface area contributed by atoms with Crippen LogP contribution in [0.2, 0.25) is 0 Å². The molecular weight excluding hydrogens is 288 g/mol. The van der Waals surface area contributed by atoms with Crippen molar-refractivity contribution in [2.75, 3.05) is 0 Å². The fourth-order valence-corrected chi connectivity index (χ4v) is 2.70. The second-order valence-corrected chi connectivity index (χ2v) is 5.59. The highest BCUT2D eigenvalue weighted by atomic mass is 16.1.